The summed E-state index contributed by atoms with van der Waals surface area (Å²) >= 11 is 5.14. The van der Waals surface area contributed by atoms with E-state index in [4.69, 9.17) is 17.0 Å². The summed E-state index contributed by atoms with van der Waals surface area (Å²) in [6.07, 6.45) is 3.04. The molecule has 0 saturated heterocycles. The molecule has 110 valence electrons. The number of benzene rings is 1. The molecule has 0 fully saturated rings. The van der Waals surface area contributed by atoms with Crippen molar-refractivity contribution in [3.05, 3.63) is 29.8 Å². The molecule has 5 heteroatoms. The molecule has 0 bridgehead atoms. The van der Waals surface area contributed by atoms with Crippen molar-refractivity contribution < 1.29 is 4.74 Å². The Kier molecular flexibility index (Phi) is 7.65. The van der Waals surface area contributed by atoms with Gasteiger partial charge in [-0.05, 0) is 43.3 Å². The minimum atomic E-state index is 0.576. The average molecular weight is 293 g/mol. The Hall–Kier alpha value is -1.62. The maximum Gasteiger partial charge on any atom is 0.186 e. The Bertz CT molecular complexity index is 443. The second kappa shape index (κ2) is 9.31. The molecule has 1 rings (SSSR count). The summed E-state index contributed by atoms with van der Waals surface area (Å²) in [4.78, 5) is 0. The van der Waals surface area contributed by atoms with Crippen LogP contribution in [-0.4, -0.2) is 24.5 Å². The van der Waals surface area contributed by atoms with E-state index in [1.54, 1.807) is 7.11 Å². The lowest BCUT2D eigenvalue weighted by atomic mass is 10.1. The van der Waals surface area contributed by atoms with Crippen molar-refractivity contribution in [1.29, 1.82) is 0 Å². The van der Waals surface area contributed by atoms with Crippen molar-refractivity contribution in [2.24, 2.45) is 5.10 Å². The monoisotopic (exact) mass is 293 g/mol. The van der Waals surface area contributed by atoms with Gasteiger partial charge in [-0.2, -0.15) is 5.10 Å². The lowest BCUT2D eigenvalue weighted by Crippen LogP contribution is -2.33. The maximum atomic E-state index is 5.14. The van der Waals surface area contributed by atoms with Crippen LogP contribution in [0.15, 0.2) is 29.4 Å². The fourth-order valence-corrected chi connectivity index (χ4v) is 1.79. The molecule has 0 amide bonds. The quantitative estimate of drug-likeness (QED) is 0.351. The molecule has 1 aromatic rings. The molecular weight excluding hydrogens is 270 g/mol. The molecule has 0 aliphatic rings. The average Bonchev–Trinajstić information content (AvgIpc) is 2.46. The molecular formula is C15H23N3OS. The highest BCUT2D eigenvalue weighted by Gasteiger charge is 1.98. The van der Waals surface area contributed by atoms with Gasteiger partial charge in [0, 0.05) is 18.7 Å². The van der Waals surface area contributed by atoms with E-state index in [0.717, 1.165) is 37.3 Å². The molecule has 0 spiro atoms. The SMILES string of the molecule is CCCCNC(=S)NN=C(C)Cc1ccc(OC)cc1. The Morgan fingerprint density at radius 2 is 2.00 bits per heavy atom. The normalized spacial score (nSPS) is 11.1. The first-order valence-electron chi connectivity index (χ1n) is 6.85. The first kappa shape index (κ1) is 16.4. The molecule has 0 aliphatic heterocycles. The molecule has 0 saturated carbocycles. The van der Waals surface area contributed by atoms with E-state index in [0.29, 0.717) is 5.11 Å². The van der Waals surface area contributed by atoms with Crippen molar-refractivity contribution >= 4 is 23.0 Å². The van der Waals surface area contributed by atoms with Crippen molar-refractivity contribution in [3.63, 3.8) is 0 Å². The van der Waals surface area contributed by atoms with Crippen molar-refractivity contribution in [2.45, 2.75) is 33.1 Å². The summed E-state index contributed by atoms with van der Waals surface area (Å²) in [7, 11) is 1.66. The first-order chi connectivity index (χ1) is 9.65. The van der Waals surface area contributed by atoms with Gasteiger partial charge in [0.1, 0.15) is 5.75 Å². The van der Waals surface area contributed by atoms with Crippen LogP contribution in [0, 0.1) is 0 Å². The Morgan fingerprint density at radius 1 is 1.30 bits per heavy atom. The van der Waals surface area contributed by atoms with Gasteiger partial charge in [0.2, 0.25) is 0 Å². The van der Waals surface area contributed by atoms with Gasteiger partial charge in [0.15, 0.2) is 5.11 Å². The molecule has 1 aromatic carbocycles. The highest BCUT2D eigenvalue weighted by molar-refractivity contribution is 7.80. The first-order valence-corrected chi connectivity index (χ1v) is 7.26. The number of methoxy groups -OCH3 is 1. The highest BCUT2D eigenvalue weighted by Crippen LogP contribution is 2.11. The minimum Gasteiger partial charge on any atom is -0.497 e. The number of hydrogen-bond donors (Lipinski definition) is 2. The lowest BCUT2D eigenvalue weighted by Gasteiger charge is -2.07. The Morgan fingerprint density at radius 3 is 2.60 bits per heavy atom. The smallest absolute Gasteiger partial charge is 0.186 e. The van der Waals surface area contributed by atoms with E-state index in [9.17, 15) is 0 Å². The van der Waals surface area contributed by atoms with Gasteiger partial charge in [-0.15, -0.1) is 0 Å². The van der Waals surface area contributed by atoms with E-state index < -0.39 is 0 Å². The number of ether oxygens (including phenoxy) is 1. The van der Waals surface area contributed by atoms with Gasteiger partial charge in [-0.3, -0.25) is 5.43 Å². The van der Waals surface area contributed by atoms with Crippen molar-refractivity contribution in [2.75, 3.05) is 13.7 Å². The summed E-state index contributed by atoms with van der Waals surface area (Å²) in [5.74, 6) is 0.864. The molecule has 0 unspecified atom stereocenters. The van der Waals surface area contributed by atoms with Gasteiger partial charge >= 0.3 is 0 Å². The minimum absolute atomic E-state index is 0.576. The van der Waals surface area contributed by atoms with Gasteiger partial charge in [-0.1, -0.05) is 25.5 Å². The van der Waals surface area contributed by atoms with Crippen LogP contribution in [0.25, 0.3) is 0 Å². The third-order valence-electron chi connectivity index (χ3n) is 2.78. The third-order valence-corrected chi connectivity index (χ3v) is 3.02. The molecule has 4 nitrogen and oxygen atoms in total. The third kappa shape index (κ3) is 6.52. The Labute approximate surface area is 126 Å². The van der Waals surface area contributed by atoms with Gasteiger partial charge in [-0.25, -0.2) is 0 Å². The Balaban J connectivity index is 2.38. The molecule has 20 heavy (non-hydrogen) atoms. The van der Waals surface area contributed by atoms with E-state index in [1.165, 1.54) is 5.56 Å². The van der Waals surface area contributed by atoms with Crippen LogP contribution in [0.2, 0.25) is 0 Å². The summed E-state index contributed by atoms with van der Waals surface area (Å²) in [6, 6.07) is 7.98. The van der Waals surface area contributed by atoms with E-state index in [1.807, 2.05) is 31.2 Å². The van der Waals surface area contributed by atoms with Gasteiger partial charge in [0.05, 0.1) is 7.11 Å². The number of unbranched alkanes of at least 4 members (excludes halogenated alkanes) is 1. The maximum absolute atomic E-state index is 5.14. The number of nitrogens with zero attached hydrogens (tertiary/aromatic N) is 1. The van der Waals surface area contributed by atoms with Crippen LogP contribution in [0.4, 0.5) is 0 Å². The summed E-state index contributed by atoms with van der Waals surface area (Å²) < 4.78 is 5.13. The van der Waals surface area contributed by atoms with Gasteiger partial charge < -0.3 is 10.1 Å². The standard InChI is InChI=1S/C15H23N3OS/c1-4-5-10-16-15(20)18-17-12(2)11-13-6-8-14(19-3)9-7-13/h6-9H,4-5,10-11H2,1-3H3,(H2,16,18,20). The predicted molar refractivity (Wildman–Crippen MR) is 88.5 cm³/mol. The van der Waals surface area contributed by atoms with Crippen LogP contribution in [0.3, 0.4) is 0 Å². The summed E-state index contributed by atoms with van der Waals surface area (Å²) in [5.41, 5.74) is 5.04. The van der Waals surface area contributed by atoms with Crippen LogP contribution in [0.5, 0.6) is 5.75 Å². The van der Waals surface area contributed by atoms with Crippen molar-refractivity contribution in [1.82, 2.24) is 10.7 Å². The number of nitrogens with one attached hydrogen (secondary N) is 2. The second-order valence-corrected chi connectivity index (χ2v) is 5.00. The number of thiocarbonyl (C=S) groups is 1. The zero-order valence-corrected chi connectivity index (χ0v) is 13.2. The van der Waals surface area contributed by atoms with E-state index >= 15 is 0 Å². The van der Waals surface area contributed by atoms with E-state index in [2.05, 4.69) is 22.8 Å². The molecule has 0 heterocycles. The van der Waals surface area contributed by atoms with Gasteiger partial charge in [0.25, 0.3) is 0 Å². The van der Waals surface area contributed by atoms with E-state index in [-0.39, 0.29) is 0 Å². The fraction of sp³-hybridized carbons (Fsp3) is 0.467. The van der Waals surface area contributed by atoms with Crippen LogP contribution >= 0.6 is 12.2 Å². The zero-order valence-electron chi connectivity index (χ0n) is 12.4. The molecule has 0 radical (unpaired) electrons. The number of rotatable bonds is 7. The lowest BCUT2D eigenvalue weighted by molar-refractivity contribution is 0.414. The van der Waals surface area contributed by atoms with Crippen molar-refractivity contribution in [3.8, 4) is 5.75 Å². The molecule has 2 N–H and O–H groups in total. The van der Waals surface area contributed by atoms with Crippen LogP contribution in [-0.2, 0) is 6.42 Å². The molecule has 0 aromatic heterocycles. The second-order valence-electron chi connectivity index (χ2n) is 4.59. The van der Waals surface area contributed by atoms with Crippen LogP contribution < -0.4 is 15.5 Å². The molecule has 0 aliphatic carbocycles. The summed E-state index contributed by atoms with van der Waals surface area (Å²) in [5, 5.41) is 7.96. The number of hydrogen-bond acceptors (Lipinski definition) is 3. The number of hydrazone groups is 1. The fourth-order valence-electron chi connectivity index (χ4n) is 1.64. The topological polar surface area (TPSA) is 45.7 Å². The zero-order chi connectivity index (χ0) is 14.8. The molecule has 0 atom stereocenters. The summed E-state index contributed by atoms with van der Waals surface area (Å²) in [6.45, 7) is 5.01. The predicted octanol–water partition coefficient (Wildman–Crippen LogP) is 2.88. The van der Waals surface area contributed by atoms with Crippen LogP contribution in [0.1, 0.15) is 32.3 Å². The largest absolute Gasteiger partial charge is 0.497 e. The highest BCUT2D eigenvalue weighted by atomic mass is 32.1.